The molecule has 0 bridgehead atoms. The second kappa shape index (κ2) is 10.7. The van der Waals surface area contributed by atoms with Crippen LogP contribution in [0.5, 0.6) is 0 Å². The van der Waals surface area contributed by atoms with Gasteiger partial charge < -0.3 is 0 Å². The molecular weight excluding hydrogens is 528 g/mol. The molecule has 0 aromatic rings. The van der Waals surface area contributed by atoms with E-state index >= 15 is 0 Å². The molecule has 7 heteroatoms. The van der Waals surface area contributed by atoms with E-state index < -0.39 is 35.6 Å². The van der Waals surface area contributed by atoms with Crippen molar-refractivity contribution >= 4 is 60.6 Å². The summed E-state index contributed by atoms with van der Waals surface area (Å²) in [6.07, 6.45) is 18.3. The van der Waals surface area contributed by atoms with Crippen LogP contribution in [0.15, 0.2) is 71.6 Å². The van der Waals surface area contributed by atoms with Crippen molar-refractivity contribution < 1.29 is 15.0 Å². The van der Waals surface area contributed by atoms with E-state index in [2.05, 4.69) is 0 Å². The summed E-state index contributed by atoms with van der Waals surface area (Å²) in [5, 5.41) is 2.88. The number of allylic oxidation sites excluding steroid dienone is 8. The van der Waals surface area contributed by atoms with Gasteiger partial charge >= 0.3 is 158 Å². The number of carbonyl (C=O) groups is 2. The minimum absolute atomic E-state index is 0.356. The van der Waals surface area contributed by atoms with Gasteiger partial charge in [0.25, 0.3) is 0 Å². The number of hydrogen-bond donors (Lipinski definition) is 0. The van der Waals surface area contributed by atoms with E-state index in [0.717, 1.165) is 0 Å². The van der Waals surface area contributed by atoms with E-state index in [1.165, 1.54) is 23.5 Å². The van der Waals surface area contributed by atoms with Gasteiger partial charge in [-0.3, -0.25) is 0 Å². The molecule has 0 spiro atoms. The van der Waals surface area contributed by atoms with E-state index in [4.69, 9.17) is 5.37 Å². The molecule has 2 radical (unpaired) electrons. The van der Waals surface area contributed by atoms with Crippen LogP contribution in [0.4, 0.5) is 0 Å². The van der Waals surface area contributed by atoms with Gasteiger partial charge in [0.1, 0.15) is 0 Å². The Kier molecular flexibility index (Phi) is 8.55. The van der Waals surface area contributed by atoms with Gasteiger partial charge in [0.05, 0.1) is 0 Å². The molecule has 0 amide bonds. The summed E-state index contributed by atoms with van der Waals surface area (Å²) in [6.45, 7) is 0. The van der Waals surface area contributed by atoms with Crippen LogP contribution in [0, 0.1) is 0 Å². The molecule has 0 saturated heterocycles. The van der Waals surface area contributed by atoms with Gasteiger partial charge in [0.2, 0.25) is 0 Å². The molecule has 4 nitrogen and oxygen atoms in total. The Morgan fingerprint density at radius 3 is 1.61 bits per heavy atom. The van der Waals surface area contributed by atoms with Crippen LogP contribution in [0.1, 0.15) is 0 Å². The van der Waals surface area contributed by atoms with Gasteiger partial charge in [-0.15, -0.1) is 0 Å². The topological polar surface area (TPSA) is 52.6 Å². The summed E-state index contributed by atoms with van der Waals surface area (Å²) in [6, 6.07) is 0. The minimum atomic E-state index is -2.21. The first-order valence-electron chi connectivity index (χ1n) is 6.74. The monoisotopic (exact) mass is 542 g/mol. The van der Waals surface area contributed by atoms with Crippen molar-refractivity contribution in [1.82, 2.24) is 0 Å². The van der Waals surface area contributed by atoms with Crippen LogP contribution in [0.25, 0.3) is 0 Å². The Labute approximate surface area is 157 Å². The fourth-order valence-corrected chi connectivity index (χ4v) is 5.35. The molecule has 0 N–H and O–H groups in total. The number of thioether (sulfide) groups is 2. The molecule has 2 aliphatic heterocycles. The van der Waals surface area contributed by atoms with E-state index in [1.807, 2.05) is 47.3 Å². The molecule has 23 heavy (non-hydrogen) atoms. The van der Waals surface area contributed by atoms with Crippen molar-refractivity contribution in [3.05, 3.63) is 71.6 Å². The van der Waals surface area contributed by atoms with Crippen molar-refractivity contribution in [2.75, 3.05) is 0 Å². The van der Waals surface area contributed by atoms with Gasteiger partial charge in [0.15, 0.2) is 0 Å². The molecule has 2 atom stereocenters. The molecule has 118 valence electrons. The predicted octanol–water partition coefficient (Wildman–Crippen LogP) is 3.09. The second-order valence-electron chi connectivity index (χ2n) is 4.24. The molecule has 0 aromatic carbocycles. The van der Waals surface area contributed by atoms with Crippen LogP contribution >= 0.6 is 23.5 Å². The zero-order valence-electron chi connectivity index (χ0n) is 12.0. The first kappa shape index (κ1) is 18.3. The Morgan fingerprint density at radius 1 is 0.696 bits per heavy atom. The zero-order chi connectivity index (χ0) is 16.3. The Bertz CT molecular complexity index is 553. The molecular formula is C16H14O4PbS2. The van der Waals surface area contributed by atoms with Crippen LogP contribution < -0.4 is 0 Å². The fourth-order valence-electron chi connectivity index (χ4n) is 1.52. The zero-order valence-corrected chi connectivity index (χ0v) is 17.6. The summed E-state index contributed by atoms with van der Waals surface area (Å²) < 4.78 is 10.4. The number of rotatable bonds is 4. The second-order valence-corrected chi connectivity index (χ2v) is 8.57. The third kappa shape index (κ3) is 6.96. The summed E-state index contributed by atoms with van der Waals surface area (Å²) in [7, 11) is 0. The summed E-state index contributed by atoms with van der Waals surface area (Å²) >= 11 is 0.511. The molecule has 0 aromatic heterocycles. The van der Waals surface area contributed by atoms with E-state index in [9.17, 15) is 9.59 Å². The molecule has 2 unspecified atom stereocenters. The fraction of sp³-hybridized carbons (Fsp3) is 0.125. The van der Waals surface area contributed by atoms with Crippen LogP contribution in [-0.2, 0) is 15.0 Å². The van der Waals surface area contributed by atoms with Crippen LogP contribution in [-0.4, -0.2) is 47.6 Å². The standard InChI is InChI=1S/2C8H8O2S.Pb/c2*9-8(10)7-5-3-1-2-4-6-11-7;/h2*1-7H,(H,9,10);/q;;+2/p-2/b2*2-1-,5-3-,6-4-;. The first-order chi connectivity index (χ1) is 11.3. The molecule has 0 aliphatic carbocycles. The van der Waals surface area contributed by atoms with Gasteiger partial charge in [0, 0.05) is 0 Å². The van der Waals surface area contributed by atoms with E-state index in [1.54, 1.807) is 24.3 Å². The maximum absolute atomic E-state index is 12.0. The SMILES string of the molecule is O=C([O][Pb][O]C(=O)C1\C=C/C=C\C=C/S1)C1\C=C/C=C\C=C/S1. The normalized spacial score (nSPS) is 31.1. The van der Waals surface area contributed by atoms with Crippen molar-refractivity contribution in [1.29, 1.82) is 0 Å². The van der Waals surface area contributed by atoms with Crippen LogP contribution in [0.3, 0.4) is 0 Å². The Balaban J connectivity index is 1.77. The third-order valence-corrected chi connectivity index (χ3v) is 6.72. The number of carbonyl (C=O) groups excluding carboxylic acids is 2. The third-order valence-electron chi connectivity index (χ3n) is 2.60. The van der Waals surface area contributed by atoms with E-state index in [-0.39, 0.29) is 11.9 Å². The average molecular weight is 542 g/mol. The summed E-state index contributed by atoms with van der Waals surface area (Å²) in [5.41, 5.74) is 0. The van der Waals surface area contributed by atoms with E-state index in [0.29, 0.717) is 0 Å². The Hall–Kier alpha value is -0.998. The number of hydrogen-bond acceptors (Lipinski definition) is 6. The van der Waals surface area contributed by atoms with Crippen molar-refractivity contribution in [3.8, 4) is 0 Å². The average Bonchev–Trinajstić information content (AvgIpc) is 2.46. The van der Waals surface area contributed by atoms with Gasteiger partial charge in [-0.2, -0.15) is 0 Å². The van der Waals surface area contributed by atoms with Crippen molar-refractivity contribution in [2.45, 2.75) is 10.5 Å². The summed E-state index contributed by atoms with van der Waals surface area (Å²) in [5.74, 6) is -0.711. The van der Waals surface area contributed by atoms with Gasteiger partial charge in [-0.1, -0.05) is 0 Å². The molecule has 2 rings (SSSR count). The molecule has 0 saturated carbocycles. The Morgan fingerprint density at radius 2 is 1.13 bits per heavy atom. The predicted molar refractivity (Wildman–Crippen MR) is 95.5 cm³/mol. The van der Waals surface area contributed by atoms with Crippen molar-refractivity contribution in [3.63, 3.8) is 0 Å². The van der Waals surface area contributed by atoms with Crippen molar-refractivity contribution in [2.24, 2.45) is 0 Å². The molecule has 0 fully saturated rings. The maximum atomic E-state index is 12.0. The van der Waals surface area contributed by atoms with Crippen LogP contribution in [0.2, 0.25) is 0 Å². The molecule has 2 heterocycles. The summed E-state index contributed by atoms with van der Waals surface area (Å²) in [4.78, 5) is 24.0. The van der Waals surface area contributed by atoms with Gasteiger partial charge in [-0.25, -0.2) is 0 Å². The van der Waals surface area contributed by atoms with Gasteiger partial charge in [-0.05, 0) is 0 Å². The first-order valence-corrected chi connectivity index (χ1v) is 11.8. The molecule has 2 aliphatic rings. The quantitative estimate of drug-likeness (QED) is 0.510.